The Kier molecular flexibility index (Phi) is 3.70. The van der Waals surface area contributed by atoms with Crippen molar-refractivity contribution in [2.24, 2.45) is 0 Å². The molecule has 1 atom stereocenters. The van der Waals surface area contributed by atoms with Crippen molar-refractivity contribution in [1.29, 1.82) is 0 Å². The van der Waals surface area contributed by atoms with Gasteiger partial charge in [0, 0.05) is 26.6 Å². The number of carbonyl (C=O) groups excluding carboxylic acids is 2. The van der Waals surface area contributed by atoms with Gasteiger partial charge < -0.3 is 14.3 Å². The fourth-order valence-corrected chi connectivity index (χ4v) is 3.88. The maximum atomic E-state index is 12.8. The predicted octanol–water partition coefficient (Wildman–Crippen LogP) is 1.91. The van der Waals surface area contributed by atoms with Gasteiger partial charge in [-0.1, -0.05) is 5.16 Å². The maximum Gasteiger partial charge on any atom is 0.259 e. The van der Waals surface area contributed by atoms with Gasteiger partial charge in [-0.3, -0.25) is 9.59 Å². The zero-order chi connectivity index (χ0) is 15.9. The lowest BCUT2D eigenvalue weighted by Gasteiger charge is -2.50. The van der Waals surface area contributed by atoms with Gasteiger partial charge >= 0.3 is 0 Å². The SMILES string of the molecule is Cc1noc(C)c1C(=O)N1CCCC2(CCCC(=O)N2C)C1. The standard InChI is InChI=1S/C16H23N3O3/c1-11-14(12(2)22-17-11)15(21)19-9-5-8-16(10-19)7-4-6-13(20)18(16)3/h4-10H2,1-3H3. The van der Waals surface area contributed by atoms with Gasteiger partial charge in [0.15, 0.2) is 0 Å². The molecule has 2 aliphatic rings. The first-order valence-electron chi connectivity index (χ1n) is 7.93. The molecule has 0 saturated carbocycles. The number of piperidine rings is 2. The molecule has 1 unspecified atom stereocenters. The molecule has 2 saturated heterocycles. The molecule has 2 fully saturated rings. The number of carbonyl (C=O) groups is 2. The quantitative estimate of drug-likeness (QED) is 0.795. The van der Waals surface area contributed by atoms with E-state index >= 15 is 0 Å². The van der Waals surface area contributed by atoms with Crippen LogP contribution < -0.4 is 0 Å². The molecule has 0 radical (unpaired) electrons. The molecule has 6 heteroatoms. The number of aromatic nitrogens is 1. The van der Waals surface area contributed by atoms with Crippen LogP contribution in [-0.4, -0.2) is 52.4 Å². The summed E-state index contributed by atoms with van der Waals surface area (Å²) in [6.45, 7) is 4.90. The number of amides is 2. The van der Waals surface area contributed by atoms with Gasteiger partial charge in [-0.15, -0.1) is 0 Å². The summed E-state index contributed by atoms with van der Waals surface area (Å²) < 4.78 is 5.12. The van der Waals surface area contributed by atoms with Gasteiger partial charge in [0.1, 0.15) is 11.3 Å². The number of aryl methyl sites for hydroxylation is 2. The Bertz CT molecular complexity index is 586. The van der Waals surface area contributed by atoms with E-state index in [1.807, 2.05) is 16.8 Å². The highest BCUT2D eigenvalue weighted by Crippen LogP contribution is 2.36. The number of rotatable bonds is 1. The molecule has 120 valence electrons. The highest BCUT2D eigenvalue weighted by Gasteiger charge is 2.44. The van der Waals surface area contributed by atoms with Crippen LogP contribution in [0.1, 0.15) is 53.9 Å². The summed E-state index contributed by atoms with van der Waals surface area (Å²) in [6, 6.07) is 0. The molecule has 2 aliphatic heterocycles. The lowest BCUT2D eigenvalue weighted by molar-refractivity contribution is -0.142. The average Bonchev–Trinajstić information content (AvgIpc) is 2.83. The molecule has 1 aromatic rings. The minimum Gasteiger partial charge on any atom is -0.361 e. The Hall–Kier alpha value is -1.85. The van der Waals surface area contributed by atoms with Crippen molar-refractivity contribution in [3.05, 3.63) is 17.0 Å². The molecule has 3 rings (SSSR count). The third-order valence-electron chi connectivity index (χ3n) is 5.21. The van der Waals surface area contributed by atoms with E-state index in [1.54, 1.807) is 13.8 Å². The van der Waals surface area contributed by atoms with E-state index in [-0.39, 0.29) is 17.4 Å². The van der Waals surface area contributed by atoms with E-state index in [0.29, 0.717) is 30.0 Å². The van der Waals surface area contributed by atoms with Gasteiger partial charge in [-0.05, 0) is 39.5 Å². The van der Waals surface area contributed by atoms with Crippen molar-refractivity contribution >= 4 is 11.8 Å². The zero-order valence-electron chi connectivity index (χ0n) is 13.5. The van der Waals surface area contributed by atoms with Crippen molar-refractivity contribution in [3.63, 3.8) is 0 Å². The largest absolute Gasteiger partial charge is 0.361 e. The second kappa shape index (κ2) is 5.41. The van der Waals surface area contributed by atoms with E-state index in [4.69, 9.17) is 4.52 Å². The average molecular weight is 305 g/mol. The van der Waals surface area contributed by atoms with Gasteiger partial charge in [-0.25, -0.2) is 0 Å². The van der Waals surface area contributed by atoms with Crippen molar-refractivity contribution in [2.45, 2.75) is 51.5 Å². The fourth-order valence-electron chi connectivity index (χ4n) is 3.88. The lowest BCUT2D eigenvalue weighted by atomic mass is 9.80. The summed E-state index contributed by atoms with van der Waals surface area (Å²) in [5.74, 6) is 0.731. The third kappa shape index (κ3) is 2.30. The van der Waals surface area contributed by atoms with Gasteiger partial charge in [0.2, 0.25) is 5.91 Å². The van der Waals surface area contributed by atoms with Crippen molar-refractivity contribution < 1.29 is 14.1 Å². The molecular weight excluding hydrogens is 282 g/mol. The Morgan fingerprint density at radius 2 is 2.00 bits per heavy atom. The number of hydrogen-bond acceptors (Lipinski definition) is 4. The zero-order valence-corrected chi connectivity index (χ0v) is 13.5. The molecule has 0 bridgehead atoms. The molecule has 0 N–H and O–H groups in total. The van der Waals surface area contributed by atoms with E-state index < -0.39 is 0 Å². The molecule has 1 aromatic heterocycles. The minimum absolute atomic E-state index is 0.0262. The van der Waals surface area contributed by atoms with E-state index in [1.165, 1.54) is 0 Å². The van der Waals surface area contributed by atoms with Crippen LogP contribution in [0.3, 0.4) is 0 Å². The summed E-state index contributed by atoms with van der Waals surface area (Å²) in [5, 5.41) is 3.88. The molecule has 1 spiro atoms. The van der Waals surface area contributed by atoms with Crippen molar-refractivity contribution in [2.75, 3.05) is 20.1 Å². The molecule has 0 aromatic carbocycles. The first kappa shape index (κ1) is 15.1. The van der Waals surface area contributed by atoms with Crippen LogP contribution in [-0.2, 0) is 4.79 Å². The van der Waals surface area contributed by atoms with Gasteiger partial charge in [0.25, 0.3) is 5.91 Å². The highest BCUT2D eigenvalue weighted by molar-refractivity contribution is 5.96. The van der Waals surface area contributed by atoms with E-state index in [0.717, 1.165) is 32.2 Å². The monoisotopic (exact) mass is 305 g/mol. The van der Waals surface area contributed by atoms with Crippen LogP contribution >= 0.6 is 0 Å². The first-order chi connectivity index (χ1) is 10.4. The Morgan fingerprint density at radius 1 is 1.27 bits per heavy atom. The van der Waals surface area contributed by atoms with E-state index in [9.17, 15) is 9.59 Å². The van der Waals surface area contributed by atoms with E-state index in [2.05, 4.69) is 5.16 Å². The molecule has 2 amide bonds. The van der Waals surface area contributed by atoms with Crippen LogP contribution in [0.2, 0.25) is 0 Å². The predicted molar refractivity (Wildman–Crippen MR) is 80.5 cm³/mol. The number of likely N-dealkylation sites (N-methyl/N-ethyl adjacent to an activating group) is 1. The first-order valence-corrected chi connectivity index (χ1v) is 7.93. The molecule has 3 heterocycles. The summed E-state index contributed by atoms with van der Waals surface area (Å²) in [7, 11) is 1.88. The van der Waals surface area contributed by atoms with Crippen LogP contribution in [0.25, 0.3) is 0 Å². The fraction of sp³-hybridized carbons (Fsp3) is 0.688. The lowest BCUT2D eigenvalue weighted by Crippen LogP contribution is -2.61. The minimum atomic E-state index is -0.192. The number of hydrogen-bond donors (Lipinski definition) is 0. The highest BCUT2D eigenvalue weighted by atomic mass is 16.5. The van der Waals surface area contributed by atoms with Crippen molar-refractivity contribution in [1.82, 2.24) is 15.0 Å². The Labute approximate surface area is 130 Å². The third-order valence-corrected chi connectivity index (χ3v) is 5.21. The van der Waals surface area contributed by atoms with Gasteiger partial charge in [-0.2, -0.15) is 0 Å². The van der Waals surface area contributed by atoms with Crippen LogP contribution in [0.4, 0.5) is 0 Å². The van der Waals surface area contributed by atoms with Crippen LogP contribution in [0.15, 0.2) is 4.52 Å². The Morgan fingerprint density at radius 3 is 2.68 bits per heavy atom. The summed E-state index contributed by atoms with van der Waals surface area (Å²) >= 11 is 0. The molecule has 0 aliphatic carbocycles. The van der Waals surface area contributed by atoms with Gasteiger partial charge in [0.05, 0.1) is 11.2 Å². The normalized spacial score (nSPS) is 25.9. The van der Waals surface area contributed by atoms with Crippen LogP contribution in [0.5, 0.6) is 0 Å². The Balaban J connectivity index is 1.84. The maximum absolute atomic E-state index is 12.8. The second-order valence-corrected chi connectivity index (χ2v) is 6.56. The smallest absolute Gasteiger partial charge is 0.259 e. The molecule has 22 heavy (non-hydrogen) atoms. The topological polar surface area (TPSA) is 66.7 Å². The molecule has 6 nitrogen and oxygen atoms in total. The summed E-state index contributed by atoms with van der Waals surface area (Å²) in [6.07, 6.45) is 4.40. The number of nitrogens with zero attached hydrogens (tertiary/aromatic N) is 3. The second-order valence-electron chi connectivity index (χ2n) is 6.56. The number of likely N-dealkylation sites (tertiary alicyclic amines) is 2. The summed E-state index contributed by atoms with van der Waals surface area (Å²) in [5.41, 5.74) is 1.01. The van der Waals surface area contributed by atoms with Crippen molar-refractivity contribution in [3.8, 4) is 0 Å². The van der Waals surface area contributed by atoms with Crippen LogP contribution in [0, 0.1) is 13.8 Å². The molecular formula is C16H23N3O3. The summed E-state index contributed by atoms with van der Waals surface area (Å²) in [4.78, 5) is 28.7.